The van der Waals surface area contributed by atoms with Crippen molar-refractivity contribution >= 4 is 28.3 Å². The summed E-state index contributed by atoms with van der Waals surface area (Å²) in [5, 5.41) is 1.67. The van der Waals surface area contributed by atoms with Crippen LogP contribution in [0, 0.1) is 0 Å². The van der Waals surface area contributed by atoms with Crippen LogP contribution in [0.25, 0.3) is 10.9 Å². The van der Waals surface area contributed by atoms with E-state index in [0.29, 0.717) is 16.1 Å². The maximum Gasteiger partial charge on any atom is 0.195 e. The van der Waals surface area contributed by atoms with Gasteiger partial charge in [-0.15, -0.1) is 0 Å². The van der Waals surface area contributed by atoms with E-state index in [1.54, 1.807) is 24.3 Å². The number of H-pyrrole nitrogens is 1. The summed E-state index contributed by atoms with van der Waals surface area (Å²) in [6, 6.07) is 14.6. The third-order valence-corrected chi connectivity index (χ3v) is 3.19. The van der Waals surface area contributed by atoms with Crippen molar-refractivity contribution in [1.82, 2.24) is 4.98 Å². The van der Waals surface area contributed by atoms with Crippen molar-refractivity contribution < 1.29 is 4.79 Å². The minimum Gasteiger partial charge on any atom is -0.361 e. The molecule has 2 aromatic carbocycles. The average Bonchev–Trinajstić information content (AvgIpc) is 2.87. The van der Waals surface area contributed by atoms with Crippen molar-refractivity contribution in [2.75, 3.05) is 0 Å². The largest absolute Gasteiger partial charge is 0.361 e. The summed E-state index contributed by atoms with van der Waals surface area (Å²) in [5.74, 6) is -0.000262. The Morgan fingerprint density at radius 1 is 1.00 bits per heavy atom. The van der Waals surface area contributed by atoms with Gasteiger partial charge in [-0.25, -0.2) is 0 Å². The SMILES string of the molecule is O=C(c1ccc(Cl)cc1)c1cccc2cc[nH]c12. The monoisotopic (exact) mass is 255 g/mol. The Kier molecular flexibility index (Phi) is 2.65. The Labute approximate surface area is 109 Å². The van der Waals surface area contributed by atoms with E-state index in [2.05, 4.69) is 4.98 Å². The second-order valence-electron chi connectivity index (χ2n) is 4.08. The van der Waals surface area contributed by atoms with Gasteiger partial charge < -0.3 is 4.98 Å². The average molecular weight is 256 g/mol. The van der Waals surface area contributed by atoms with Gasteiger partial charge in [0.05, 0.1) is 5.52 Å². The van der Waals surface area contributed by atoms with Crippen molar-refractivity contribution in [3.05, 3.63) is 70.9 Å². The number of ketones is 1. The molecule has 88 valence electrons. The minimum atomic E-state index is -0.000262. The van der Waals surface area contributed by atoms with Crippen LogP contribution < -0.4 is 0 Å². The lowest BCUT2D eigenvalue weighted by molar-refractivity contribution is 0.104. The number of aromatic nitrogens is 1. The molecule has 1 N–H and O–H groups in total. The van der Waals surface area contributed by atoms with Gasteiger partial charge in [0.15, 0.2) is 5.78 Å². The number of rotatable bonds is 2. The summed E-state index contributed by atoms with van der Waals surface area (Å²) in [7, 11) is 0. The molecule has 1 aromatic heterocycles. The van der Waals surface area contributed by atoms with Crippen LogP contribution in [0.4, 0.5) is 0 Å². The zero-order valence-corrected chi connectivity index (χ0v) is 10.2. The van der Waals surface area contributed by atoms with Crippen LogP contribution in [0.3, 0.4) is 0 Å². The molecule has 0 radical (unpaired) electrons. The summed E-state index contributed by atoms with van der Waals surface area (Å²) in [5.41, 5.74) is 2.19. The van der Waals surface area contributed by atoms with Crippen LogP contribution in [0.1, 0.15) is 15.9 Å². The Morgan fingerprint density at radius 3 is 2.56 bits per heavy atom. The number of halogens is 1. The molecule has 1 heterocycles. The lowest BCUT2D eigenvalue weighted by Crippen LogP contribution is -2.01. The molecular weight excluding hydrogens is 246 g/mol. The number of aromatic amines is 1. The molecule has 0 saturated carbocycles. The topological polar surface area (TPSA) is 32.9 Å². The van der Waals surface area contributed by atoms with E-state index in [-0.39, 0.29) is 5.78 Å². The highest BCUT2D eigenvalue weighted by atomic mass is 35.5. The number of hydrogen-bond donors (Lipinski definition) is 1. The maximum atomic E-state index is 12.4. The fraction of sp³-hybridized carbons (Fsp3) is 0. The van der Waals surface area contributed by atoms with Crippen molar-refractivity contribution in [1.29, 1.82) is 0 Å². The fourth-order valence-corrected chi connectivity index (χ4v) is 2.16. The normalized spacial score (nSPS) is 10.7. The van der Waals surface area contributed by atoms with Crippen LogP contribution in [-0.4, -0.2) is 10.8 Å². The first-order valence-electron chi connectivity index (χ1n) is 5.62. The smallest absolute Gasteiger partial charge is 0.195 e. The number of hydrogen-bond acceptors (Lipinski definition) is 1. The molecule has 0 aliphatic heterocycles. The second kappa shape index (κ2) is 4.31. The summed E-state index contributed by atoms with van der Waals surface area (Å²) >= 11 is 5.82. The molecule has 3 heteroatoms. The Hall–Kier alpha value is -2.06. The first kappa shape index (κ1) is 11.1. The van der Waals surface area contributed by atoms with E-state index >= 15 is 0 Å². The molecule has 0 unspecified atom stereocenters. The van der Waals surface area contributed by atoms with Gasteiger partial charge in [-0.3, -0.25) is 4.79 Å². The van der Waals surface area contributed by atoms with E-state index in [9.17, 15) is 4.79 Å². The molecule has 0 aliphatic carbocycles. The third kappa shape index (κ3) is 1.81. The third-order valence-electron chi connectivity index (χ3n) is 2.94. The maximum absolute atomic E-state index is 12.4. The highest BCUT2D eigenvalue weighted by molar-refractivity contribution is 6.30. The summed E-state index contributed by atoms with van der Waals surface area (Å²) < 4.78 is 0. The molecular formula is C15H10ClNO. The summed E-state index contributed by atoms with van der Waals surface area (Å²) in [6.07, 6.45) is 1.84. The van der Waals surface area contributed by atoms with Crippen molar-refractivity contribution in [3.63, 3.8) is 0 Å². The number of carbonyl (C=O) groups excluding carboxylic acids is 1. The molecule has 3 aromatic rings. The molecule has 0 saturated heterocycles. The molecule has 18 heavy (non-hydrogen) atoms. The van der Waals surface area contributed by atoms with Gasteiger partial charge in [0.25, 0.3) is 0 Å². The summed E-state index contributed by atoms with van der Waals surface area (Å²) in [6.45, 7) is 0. The van der Waals surface area contributed by atoms with Crippen molar-refractivity contribution in [3.8, 4) is 0 Å². The van der Waals surface area contributed by atoms with Crippen LogP contribution in [0.15, 0.2) is 54.7 Å². The molecule has 0 amide bonds. The highest BCUT2D eigenvalue weighted by Gasteiger charge is 2.12. The molecule has 0 atom stereocenters. The zero-order valence-electron chi connectivity index (χ0n) is 9.48. The first-order valence-corrected chi connectivity index (χ1v) is 6.00. The van der Waals surface area contributed by atoms with Crippen LogP contribution in [-0.2, 0) is 0 Å². The van der Waals surface area contributed by atoms with E-state index in [1.807, 2.05) is 30.5 Å². The van der Waals surface area contributed by atoms with E-state index in [1.165, 1.54) is 0 Å². The summed E-state index contributed by atoms with van der Waals surface area (Å²) in [4.78, 5) is 15.5. The highest BCUT2D eigenvalue weighted by Crippen LogP contribution is 2.20. The Morgan fingerprint density at radius 2 is 1.78 bits per heavy atom. The van der Waals surface area contributed by atoms with Crippen LogP contribution >= 0.6 is 11.6 Å². The van der Waals surface area contributed by atoms with Gasteiger partial charge in [-0.05, 0) is 36.4 Å². The minimum absolute atomic E-state index is 0.000262. The predicted octanol–water partition coefficient (Wildman–Crippen LogP) is 4.05. The molecule has 0 fully saturated rings. The number of benzene rings is 2. The predicted molar refractivity (Wildman–Crippen MR) is 73.2 cm³/mol. The molecule has 3 rings (SSSR count). The van der Waals surface area contributed by atoms with E-state index in [4.69, 9.17) is 11.6 Å². The Bertz CT molecular complexity index is 713. The van der Waals surface area contributed by atoms with Gasteiger partial charge in [0.2, 0.25) is 0 Å². The zero-order chi connectivity index (χ0) is 12.5. The van der Waals surface area contributed by atoms with Gasteiger partial charge in [-0.2, -0.15) is 0 Å². The standard InChI is InChI=1S/C15H10ClNO/c16-12-6-4-11(5-7-12)15(18)13-3-1-2-10-8-9-17-14(10)13/h1-9,17H. The molecule has 0 spiro atoms. The lowest BCUT2D eigenvalue weighted by Gasteiger charge is -2.03. The van der Waals surface area contributed by atoms with Gasteiger partial charge in [0, 0.05) is 27.7 Å². The molecule has 0 bridgehead atoms. The molecule has 2 nitrogen and oxygen atoms in total. The van der Waals surface area contributed by atoms with Crippen LogP contribution in [0.2, 0.25) is 5.02 Å². The van der Waals surface area contributed by atoms with Crippen LogP contribution in [0.5, 0.6) is 0 Å². The second-order valence-corrected chi connectivity index (χ2v) is 4.52. The first-order chi connectivity index (χ1) is 8.75. The number of para-hydroxylation sites is 1. The van der Waals surface area contributed by atoms with Gasteiger partial charge in [-0.1, -0.05) is 23.7 Å². The van der Waals surface area contributed by atoms with Gasteiger partial charge in [0.1, 0.15) is 0 Å². The Balaban J connectivity index is 2.12. The van der Waals surface area contributed by atoms with Crippen molar-refractivity contribution in [2.24, 2.45) is 0 Å². The number of carbonyl (C=O) groups is 1. The quantitative estimate of drug-likeness (QED) is 0.689. The number of fused-ring (bicyclic) bond motifs is 1. The van der Waals surface area contributed by atoms with Crippen molar-refractivity contribution in [2.45, 2.75) is 0 Å². The molecule has 0 aliphatic rings. The van der Waals surface area contributed by atoms with E-state index < -0.39 is 0 Å². The lowest BCUT2D eigenvalue weighted by atomic mass is 10.0. The fourth-order valence-electron chi connectivity index (χ4n) is 2.03. The van der Waals surface area contributed by atoms with E-state index in [0.717, 1.165) is 10.9 Å². The number of nitrogens with one attached hydrogen (secondary N) is 1. The van der Waals surface area contributed by atoms with Gasteiger partial charge >= 0.3 is 0 Å².